The zero-order chi connectivity index (χ0) is 26.1. The first-order valence-electron chi connectivity index (χ1n) is 12.9. The highest BCUT2D eigenvalue weighted by molar-refractivity contribution is 5.83. The molecule has 6 rings (SSSR count). The largest absolute Gasteiger partial charge is 0.369 e. The Bertz CT molecular complexity index is 1610. The van der Waals surface area contributed by atoms with Crippen LogP contribution in [0.2, 0.25) is 0 Å². The monoisotopic (exact) mass is 505 g/mol. The molecule has 8 heteroatoms. The van der Waals surface area contributed by atoms with Gasteiger partial charge in [-0.15, -0.1) is 0 Å². The second-order valence-electron chi connectivity index (χ2n) is 9.90. The molecule has 0 unspecified atom stereocenters. The second kappa shape index (κ2) is 10.1. The summed E-state index contributed by atoms with van der Waals surface area (Å²) in [7, 11) is 3.94. The first kappa shape index (κ1) is 23.9. The fourth-order valence-electron chi connectivity index (χ4n) is 4.91. The molecule has 3 aromatic carbocycles. The Kier molecular flexibility index (Phi) is 6.39. The average molecular weight is 506 g/mol. The van der Waals surface area contributed by atoms with Gasteiger partial charge in [-0.2, -0.15) is 5.10 Å². The fraction of sp³-hybridized carbons (Fsp3) is 0.233. The van der Waals surface area contributed by atoms with Crippen LogP contribution >= 0.6 is 0 Å². The maximum atomic E-state index is 13.2. The molecule has 1 fully saturated rings. The summed E-state index contributed by atoms with van der Waals surface area (Å²) >= 11 is 0. The van der Waals surface area contributed by atoms with E-state index in [-0.39, 0.29) is 5.56 Å². The van der Waals surface area contributed by atoms with Gasteiger partial charge in [-0.05, 0) is 54.6 Å². The summed E-state index contributed by atoms with van der Waals surface area (Å²) in [4.78, 5) is 22.6. The molecule has 1 aliphatic heterocycles. The number of aryl methyl sites for hydroxylation is 1. The van der Waals surface area contributed by atoms with Gasteiger partial charge in [0.25, 0.3) is 5.56 Å². The summed E-state index contributed by atoms with van der Waals surface area (Å²) in [6.07, 6.45) is 3.89. The molecule has 1 aliphatic rings. The van der Waals surface area contributed by atoms with Crippen LogP contribution < -0.4 is 15.8 Å². The molecule has 3 heterocycles. The van der Waals surface area contributed by atoms with E-state index in [0.717, 1.165) is 54.0 Å². The Balaban J connectivity index is 1.22. The van der Waals surface area contributed by atoms with Gasteiger partial charge in [-0.25, -0.2) is 4.98 Å². The van der Waals surface area contributed by atoms with E-state index in [9.17, 15) is 4.79 Å². The highest BCUT2D eigenvalue weighted by atomic mass is 16.1. The van der Waals surface area contributed by atoms with Crippen LogP contribution in [0.15, 0.2) is 90.0 Å². The summed E-state index contributed by atoms with van der Waals surface area (Å²) in [5.41, 5.74) is 6.59. The normalized spacial score (nSPS) is 14.2. The van der Waals surface area contributed by atoms with Crippen LogP contribution in [-0.4, -0.2) is 57.5 Å². The van der Waals surface area contributed by atoms with Crippen LogP contribution in [0.25, 0.3) is 22.2 Å². The molecule has 0 amide bonds. The lowest BCUT2D eigenvalue weighted by Crippen LogP contribution is -2.44. The zero-order valence-corrected chi connectivity index (χ0v) is 21.7. The first-order valence-corrected chi connectivity index (χ1v) is 12.9. The van der Waals surface area contributed by atoms with Gasteiger partial charge >= 0.3 is 0 Å². The van der Waals surface area contributed by atoms with E-state index in [0.29, 0.717) is 12.4 Å². The van der Waals surface area contributed by atoms with Crippen molar-refractivity contribution < 1.29 is 0 Å². The SMILES string of the molecule is CN1CCN(c2ccc(Nc3nc4ccc(-c5cnn(Cc6ccccc6)c5)cc4n(C)c3=O)cc2)CC1. The Morgan fingerprint density at radius 2 is 1.63 bits per heavy atom. The van der Waals surface area contributed by atoms with E-state index in [2.05, 4.69) is 56.5 Å². The number of nitrogens with one attached hydrogen (secondary N) is 1. The zero-order valence-electron chi connectivity index (χ0n) is 21.7. The molecule has 0 spiro atoms. The molecule has 5 aromatic rings. The van der Waals surface area contributed by atoms with E-state index in [1.54, 1.807) is 11.6 Å². The summed E-state index contributed by atoms with van der Waals surface area (Å²) in [5.74, 6) is 0.316. The van der Waals surface area contributed by atoms with Gasteiger partial charge in [0.15, 0.2) is 5.82 Å². The molecule has 8 nitrogen and oxygen atoms in total. The molecule has 38 heavy (non-hydrogen) atoms. The third-order valence-corrected chi connectivity index (χ3v) is 7.23. The predicted molar refractivity (Wildman–Crippen MR) is 153 cm³/mol. The number of nitrogens with zero attached hydrogens (tertiary/aromatic N) is 6. The van der Waals surface area contributed by atoms with Crippen LogP contribution in [0.5, 0.6) is 0 Å². The molecule has 1 N–H and O–H groups in total. The van der Waals surface area contributed by atoms with Crippen LogP contribution in [0.3, 0.4) is 0 Å². The Hall–Kier alpha value is -4.43. The van der Waals surface area contributed by atoms with Gasteiger partial charge in [0.1, 0.15) is 0 Å². The standard InChI is InChI=1S/C30H31N7O/c1-34-14-16-36(17-15-34)26-11-9-25(10-12-26)32-29-30(38)35(2)28-18-23(8-13-27(28)33-29)24-19-31-37(21-24)20-22-6-4-3-5-7-22/h3-13,18-19,21H,14-17,20H2,1-2H3,(H,32,33). The quantitative estimate of drug-likeness (QED) is 0.370. The van der Waals surface area contributed by atoms with Gasteiger partial charge in [-0.1, -0.05) is 36.4 Å². The lowest BCUT2D eigenvalue weighted by Gasteiger charge is -2.34. The lowest BCUT2D eigenvalue weighted by molar-refractivity contribution is 0.313. The van der Waals surface area contributed by atoms with Crippen LogP contribution in [0.1, 0.15) is 5.56 Å². The average Bonchev–Trinajstić information content (AvgIpc) is 3.41. The second-order valence-corrected chi connectivity index (χ2v) is 9.90. The van der Waals surface area contributed by atoms with Crippen molar-refractivity contribution in [1.29, 1.82) is 0 Å². The molecule has 2 aromatic heterocycles. The molecule has 0 bridgehead atoms. The van der Waals surface area contributed by atoms with E-state index in [1.807, 2.05) is 65.6 Å². The minimum absolute atomic E-state index is 0.169. The van der Waals surface area contributed by atoms with Crippen molar-refractivity contribution in [2.75, 3.05) is 43.4 Å². The van der Waals surface area contributed by atoms with Crippen molar-refractivity contribution in [1.82, 2.24) is 24.2 Å². The van der Waals surface area contributed by atoms with Crippen molar-refractivity contribution in [3.63, 3.8) is 0 Å². The minimum Gasteiger partial charge on any atom is -0.369 e. The number of likely N-dealkylation sites (N-methyl/N-ethyl adjacent to an activating group) is 1. The number of aromatic nitrogens is 4. The number of hydrogen-bond acceptors (Lipinski definition) is 6. The lowest BCUT2D eigenvalue weighted by atomic mass is 10.1. The predicted octanol–water partition coefficient (Wildman–Crippen LogP) is 4.34. The number of fused-ring (bicyclic) bond motifs is 1. The smallest absolute Gasteiger partial charge is 0.293 e. The summed E-state index contributed by atoms with van der Waals surface area (Å²) in [6.45, 7) is 4.88. The van der Waals surface area contributed by atoms with Crippen LogP contribution in [0.4, 0.5) is 17.2 Å². The van der Waals surface area contributed by atoms with E-state index in [1.165, 1.54) is 11.3 Å². The van der Waals surface area contributed by atoms with Gasteiger partial charge in [0.2, 0.25) is 0 Å². The van der Waals surface area contributed by atoms with Crippen molar-refractivity contribution in [2.24, 2.45) is 7.05 Å². The van der Waals surface area contributed by atoms with E-state index in [4.69, 9.17) is 0 Å². The topological polar surface area (TPSA) is 71.2 Å². The van der Waals surface area contributed by atoms with Gasteiger partial charge in [-0.3, -0.25) is 9.48 Å². The summed E-state index contributed by atoms with van der Waals surface area (Å²) in [5, 5.41) is 7.76. The van der Waals surface area contributed by atoms with Crippen molar-refractivity contribution in [3.05, 3.63) is 101 Å². The summed E-state index contributed by atoms with van der Waals surface area (Å²) < 4.78 is 3.58. The number of rotatable bonds is 6. The molecule has 0 aliphatic carbocycles. The number of piperazine rings is 1. The van der Waals surface area contributed by atoms with Gasteiger partial charge in [0.05, 0.1) is 23.8 Å². The number of benzene rings is 3. The minimum atomic E-state index is -0.169. The Morgan fingerprint density at radius 1 is 0.868 bits per heavy atom. The van der Waals surface area contributed by atoms with Gasteiger partial charge < -0.3 is 19.7 Å². The first-order chi connectivity index (χ1) is 18.5. The fourth-order valence-corrected chi connectivity index (χ4v) is 4.91. The van der Waals surface area contributed by atoms with E-state index < -0.39 is 0 Å². The van der Waals surface area contributed by atoms with Gasteiger partial charge in [0, 0.05) is 56.4 Å². The van der Waals surface area contributed by atoms with Crippen molar-refractivity contribution >= 4 is 28.2 Å². The maximum Gasteiger partial charge on any atom is 0.293 e. The molecular formula is C30H31N7O. The number of anilines is 3. The Morgan fingerprint density at radius 3 is 2.39 bits per heavy atom. The van der Waals surface area contributed by atoms with E-state index >= 15 is 0 Å². The third-order valence-electron chi connectivity index (χ3n) is 7.23. The maximum absolute atomic E-state index is 13.2. The highest BCUT2D eigenvalue weighted by Crippen LogP contribution is 2.25. The molecule has 0 atom stereocenters. The summed E-state index contributed by atoms with van der Waals surface area (Å²) in [6, 6.07) is 24.5. The molecule has 0 saturated carbocycles. The third kappa shape index (κ3) is 4.90. The van der Waals surface area contributed by atoms with Crippen molar-refractivity contribution in [3.8, 4) is 11.1 Å². The highest BCUT2D eigenvalue weighted by Gasteiger charge is 2.15. The van der Waals surface area contributed by atoms with Crippen LogP contribution in [0, 0.1) is 0 Å². The molecular weight excluding hydrogens is 474 g/mol. The molecule has 0 radical (unpaired) electrons. The van der Waals surface area contributed by atoms with Crippen LogP contribution in [-0.2, 0) is 13.6 Å². The molecule has 192 valence electrons. The number of hydrogen-bond donors (Lipinski definition) is 1. The molecule has 1 saturated heterocycles. The Labute approximate surface area is 221 Å². The van der Waals surface area contributed by atoms with Crippen molar-refractivity contribution in [2.45, 2.75) is 6.54 Å².